The summed E-state index contributed by atoms with van der Waals surface area (Å²) in [6.45, 7) is 9.96. The van der Waals surface area contributed by atoms with Gasteiger partial charge in [-0.15, -0.1) is 11.3 Å². The Morgan fingerprint density at radius 2 is 1.89 bits per heavy atom. The summed E-state index contributed by atoms with van der Waals surface area (Å²) in [5.74, 6) is -0.409. The van der Waals surface area contributed by atoms with Crippen LogP contribution < -0.4 is 10.6 Å². The Morgan fingerprint density at radius 1 is 1.26 bits per heavy atom. The fraction of sp³-hybridized carbons (Fsp3) is 0.429. The van der Waals surface area contributed by atoms with E-state index in [0.29, 0.717) is 34.2 Å². The molecule has 0 amide bonds. The molecule has 5 nitrogen and oxygen atoms in total. The van der Waals surface area contributed by atoms with Crippen LogP contribution in [-0.4, -0.2) is 19.6 Å². The Labute approximate surface area is 165 Å². The van der Waals surface area contributed by atoms with Crippen LogP contribution >= 0.6 is 11.3 Å². The lowest BCUT2D eigenvalue weighted by Crippen LogP contribution is -3.06. The van der Waals surface area contributed by atoms with Crippen molar-refractivity contribution >= 4 is 22.3 Å². The number of nitrogens with zero attached hydrogens (tertiary/aromatic N) is 1. The number of rotatable bonds is 6. The van der Waals surface area contributed by atoms with Crippen molar-refractivity contribution in [1.82, 2.24) is 0 Å². The van der Waals surface area contributed by atoms with E-state index in [2.05, 4.69) is 51.1 Å². The van der Waals surface area contributed by atoms with Crippen LogP contribution in [0.4, 0.5) is 5.00 Å². The Bertz CT molecular complexity index is 842. The second kappa shape index (κ2) is 8.55. The maximum Gasteiger partial charge on any atom is 0.348 e. The van der Waals surface area contributed by atoms with Gasteiger partial charge in [0, 0.05) is 5.56 Å². The highest BCUT2D eigenvalue weighted by Crippen LogP contribution is 2.30. The minimum atomic E-state index is -0.409. The molecule has 144 valence electrons. The highest BCUT2D eigenvalue weighted by molar-refractivity contribution is 7.18. The minimum Gasteiger partial charge on any atom is -0.462 e. The molecule has 0 saturated heterocycles. The molecule has 1 unspecified atom stereocenters. The Hall–Kier alpha value is -2.36. The average Bonchev–Trinajstić information content (AvgIpc) is 2.90. The van der Waals surface area contributed by atoms with E-state index in [1.807, 2.05) is 7.05 Å². The zero-order valence-corrected chi connectivity index (χ0v) is 17.5. The van der Waals surface area contributed by atoms with Gasteiger partial charge in [-0.1, -0.05) is 45.0 Å². The summed E-state index contributed by atoms with van der Waals surface area (Å²) in [7, 11) is 2.04. The van der Waals surface area contributed by atoms with Crippen molar-refractivity contribution in [3.8, 4) is 6.07 Å². The molecule has 0 radical (unpaired) electrons. The van der Waals surface area contributed by atoms with E-state index in [4.69, 9.17) is 10.5 Å². The number of carbonyl (C=O) groups excluding carboxylic acids is 1. The lowest BCUT2D eigenvalue weighted by Gasteiger charge is -2.20. The van der Waals surface area contributed by atoms with Crippen LogP contribution in [0.1, 0.15) is 59.6 Å². The predicted molar refractivity (Wildman–Crippen MR) is 109 cm³/mol. The number of esters is 1. The number of thiophene rings is 1. The van der Waals surface area contributed by atoms with Gasteiger partial charge in [-0.2, -0.15) is 5.26 Å². The first-order chi connectivity index (χ1) is 12.7. The summed E-state index contributed by atoms with van der Waals surface area (Å²) in [4.78, 5) is 13.8. The molecule has 1 aromatic heterocycles. The van der Waals surface area contributed by atoms with Crippen molar-refractivity contribution in [2.75, 3.05) is 19.4 Å². The van der Waals surface area contributed by atoms with Crippen molar-refractivity contribution < 1.29 is 14.4 Å². The van der Waals surface area contributed by atoms with Gasteiger partial charge in [0.1, 0.15) is 29.0 Å². The highest BCUT2D eigenvalue weighted by atomic mass is 32.1. The molecule has 0 aliphatic carbocycles. The van der Waals surface area contributed by atoms with Crippen LogP contribution in [0.5, 0.6) is 0 Å². The quantitative estimate of drug-likeness (QED) is 0.748. The largest absolute Gasteiger partial charge is 0.462 e. The normalized spacial score (nSPS) is 12.4. The fourth-order valence-corrected chi connectivity index (χ4v) is 3.90. The first kappa shape index (κ1) is 20.9. The van der Waals surface area contributed by atoms with Crippen LogP contribution in [-0.2, 0) is 23.2 Å². The van der Waals surface area contributed by atoms with E-state index < -0.39 is 5.97 Å². The molecule has 1 atom stereocenters. The molecule has 0 aliphatic heterocycles. The smallest absolute Gasteiger partial charge is 0.348 e. The monoisotopic (exact) mass is 386 g/mol. The van der Waals surface area contributed by atoms with E-state index in [1.54, 1.807) is 6.92 Å². The van der Waals surface area contributed by atoms with Gasteiger partial charge in [-0.25, -0.2) is 4.79 Å². The van der Waals surface area contributed by atoms with E-state index in [0.717, 1.165) is 17.9 Å². The molecular weight excluding hydrogens is 358 g/mol. The molecule has 1 aromatic carbocycles. The molecule has 2 aromatic rings. The van der Waals surface area contributed by atoms with Gasteiger partial charge in [0.05, 0.1) is 24.8 Å². The van der Waals surface area contributed by atoms with Gasteiger partial charge >= 0.3 is 5.97 Å². The first-order valence-corrected chi connectivity index (χ1v) is 9.88. The fourth-order valence-electron chi connectivity index (χ4n) is 2.97. The van der Waals surface area contributed by atoms with Gasteiger partial charge in [-0.05, 0) is 17.9 Å². The summed E-state index contributed by atoms with van der Waals surface area (Å²) in [5, 5.41) is 9.82. The number of hydrogen-bond acceptors (Lipinski definition) is 5. The Morgan fingerprint density at radius 3 is 2.41 bits per heavy atom. The zero-order valence-electron chi connectivity index (χ0n) is 16.7. The van der Waals surface area contributed by atoms with Crippen molar-refractivity contribution in [3.63, 3.8) is 0 Å². The maximum absolute atomic E-state index is 12.2. The first-order valence-electron chi connectivity index (χ1n) is 9.06. The standard InChI is InChI=1S/C21H27N3O2S/c1-6-26-20(25)18-17(16(11-22)19(23)27-18)13-24(5)12-14-7-9-15(10-8-14)21(2,3)4/h7-10H,6,12-13,23H2,1-5H3/p+1. The van der Waals surface area contributed by atoms with Crippen LogP contribution in [0.25, 0.3) is 0 Å². The average molecular weight is 387 g/mol. The number of anilines is 1. The third-order valence-electron chi connectivity index (χ3n) is 4.41. The predicted octanol–water partition coefficient (Wildman–Crippen LogP) is 2.89. The van der Waals surface area contributed by atoms with Crippen molar-refractivity contribution in [3.05, 3.63) is 51.4 Å². The number of nitrogens with one attached hydrogen (secondary N) is 1. The zero-order chi connectivity index (χ0) is 20.2. The van der Waals surface area contributed by atoms with Crippen LogP contribution in [0, 0.1) is 11.3 Å². The molecule has 0 aliphatic rings. The summed E-state index contributed by atoms with van der Waals surface area (Å²) in [5.41, 5.74) is 9.66. The number of benzene rings is 1. The number of nitrogen functional groups attached to an aromatic ring is 1. The number of hydrogen-bond donors (Lipinski definition) is 2. The second-order valence-electron chi connectivity index (χ2n) is 7.74. The highest BCUT2D eigenvalue weighted by Gasteiger charge is 2.25. The number of ether oxygens (including phenoxy) is 1. The summed E-state index contributed by atoms with van der Waals surface area (Å²) in [6.07, 6.45) is 0. The van der Waals surface area contributed by atoms with E-state index in [1.165, 1.54) is 16.0 Å². The number of quaternary nitrogens is 1. The van der Waals surface area contributed by atoms with Gasteiger partial charge in [0.25, 0.3) is 0 Å². The number of carbonyl (C=O) groups is 1. The Balaban J connectivity index is 2.19. The third kappa shape index (κ3) is 5.09. The molecule has 27 heavy (non-hydrogen) atoms. The van der Waals surface area contributed by atoms with E-state index in [-0.39, 0.29) is 5.41 Å². The molecule has 1 heterocycles. The van der Waals surface area contributed by atoms with Crippen molar-refractivity contribution in [2.45, 2.75) is 46.2 Å². The van der Waals surface area contributed by atoms with Crippen LogP contribution in [0.3, 0.4) is 0 Å². The summed E-state index contributed by atoms with van der Waals surface area (Å²) < 4.78 is 5.12. The third-order valence-corrected chi connectivity index (χ3v) is 5.45. The van der Waals surface area contributed by atoms with Crippen LogP contribution in [0.15, 0.2) is 24.3 Å². The van der Waals surface area contributed by atoms with Gasteiger partial charge < -0.3 is 15.4 Å². The molecule has 3 N–H and O–H groups in total. The summed E-state index contributed by atoms with van der Waals surface area (Å²) >= 11 is 1.13. The topological polar surface area (TPSA) is 80.5 Å². The van der Waals surface area contributed by atoms with Crippen molar-refractivity contribution in [1.29, 1.82) is 5.26 Å². The minimum absolute atomic E-state index is 0.127. The van der Waals surface area contributed by atoms with Gasteiger partial charge in [0.15, 0.2) is 0 Å². The SMILES string of the molecule is CCOC(=O)c1sc(N)c(C#N)c1C[NH+](C)Cc1ccc(C(C)(C)C)cc1. The Kier molecular flexibility index (Phi) is 6.63. The molecule has 6 heteroatoms. The molecular formula is C21H28N3O2S+. The maximum atomic E-state index is 12.2. The van der Waals surface area contributed by atoms with Crippen molar-refractivity contribution in [2.24, 2.45) is 0 Å². The molecule has 0 fully saturated rings. The molecule has 0 spiro atoms. The number of nitrogens with two attached hydrogens (primary N) is 1. The van der Waals surface area contributed by atoms with Gasteiger partial charge in [-0.3, -0.25) is 0 Å². The number of nitriles is 1. The van der Waals surface area contributed by atoms with E-state index >= 15 is 0 Å². The lowest BCUT2D eigenvalue weighted by atomic mass is 9.87. The lowest BCUT2D eigenvalue weighted by molar-refractivity contribution is -0.907. The molecule has 2 rings (SSSR count). The second-order valence-corrected chi connectivity index (χ2v) is 8.79. The van der Waals surface area contributed by atoms with Crippen LogP contribution in [0.2, 0.25) is 0 Å². The van der Waals surface area contributed by atoms with E-state index in [9.17, 15) is 10.1 Å². The summed E-state index contributed by atoms with van der Waals surface area (Å²) in [6, 6.07) is 10.7. The molecule has 0 bridgehead atoms. The van der Waals surface area contributed by atoms with Gasteiger partial charge in [0.2, 0.25) is 0 Å². The molecule has 0 saturated carbocycles.